The van der Waals surface area contributed by atoms with Gasteiger partial charge in [-0.05, 0) is 0 Å². The van der Waals surface area contributed by atoms with E-state index in [1.807, 2.05) is 20.8 Å². The highest BCUT2D eigenvalue weighted by atomic mass is 16.4. The highest BCUT2D eigenvalue weighted by Gasteiger charge is 2.23. The van der Waals surface area contributed by atoms with E-state index >= 15 is 0 Å². The van der Waals surface area contributed by atoms with Crippen molar-refractivity contribution in [2.75, 3.05) is 0 Å². The summed E-state index contributed by atoms with van der Waals surface area (Å²) in [6.07, 6.45) is 2.90. The summed E-state index contributed by atoms with van der Waals surface area (Å²) in [5.41, 5.74) is 1.32. The number of aromatic amines is 1. The average Bonchev–Trinajstić information content (AvgIpc) is 2.58. The molecule has 0 aliphatic rings. The Hall–Kier alpha value is -1.91. The van der Waals surface area contributed by atoms with Gasteiger partial charge in [-0.3, -0.25) is 0 Å². The van der Waals surface area contributed by atoms with E-state index in [1.54, 1.807) is 0 Å². The number of carboxylic acids is 1. The highest BCUT2D eigenvalue weighted by Crippen LogP contribution is 2.28. The molecule has 0 fully saturated rings. The van der Waals surface area contributed by atoms with Crippen LogP contribution in [0.5, 0.6) is 0 Å². The van der Waals surface area contributed by atoms with E-state index in [1.165, 1.54) is 12.5 Å². The first-order valence-electron chi connectivity index (χ1n) is 4.97. The molecular formula is C11H13N3O2. The lowest BCUT2D eigenvalue weighted by Gasteiger charge is -2.18. The number of hydrogen-bond acceptors (Lipinski definition) is 3. The maximum atomic E-state index is 11.1. The van der Waals surface area contributed by atoms with E-state index in [0.717, 1.165) is 5.69 Å². The van der Waals surface area contributed by atoms with Crippen LogP contribution in [0.2, 0.25) is 0 Å². The third kappa shape index (κ3) is 1.54. The third-order valence-corrected chi connectivity index (χ3v) is 2.41. The van der Waals surface area contributed by atoms with Crippen molar-refractivity contribution in [2.24, 2.45) is 0 Å². The molecule has 2 heterocycles. The predicted octanol–water partition coefficient (Wildman–Crippen LogP) is 1.95. The van der Waals surface area contributed by atoms with Gasteiger partial charge in [-0.25, -0.2) is 14.8 Å². The predicted molar refractivity (Wildman–Crippen MR) is 59.5 cm³/mol. The summed E-state index contributed by atoms with van der Waals surface area (Å²) < 4.78 is 0. The zero-order chi connectivity index (χ0) is 11.9. The van der Waals surface area contributed by atoms with Gasteiger partial charge >= 0.3 is 5.97 Å². The Morgan fingerprint density at radius 2 is 2.06 bits per heavy atom. The van der Waals surface area contributed by atoms with Gasteiger partial charge in [0.1, 0.15) is 12.0 Å². The van der Waals surface area contributed by atoms with Gasteiger partial charge in [-0.2, -0.15) is 0 Å². The Bertz CT molecular complexity index is 552. The molecule has 5 heteroatoms. The summed E-state index contributed by atoms with van der Waals surface area (Å²) in [5, 5.41) is 9.69. The average molecular weight is 219 g/mol. The summed E-state index contributed by atoms with van der Waals surface area (Å²) in [6.45, 7) is 5.98. The van der Waals surface area contributed by atoms with E-state index in [0.29, 0.717) is 11.0 Å². The number of aromatic nitrogens is 3. The van der Waals surface area contributed by atoms with Gasteiger partial charge in [-0.1, -0.05) is 20.8 Å². The third-order valence-electron chi connectivity index (χ3n) is 2.41. The van der Waals surface area contributed by atoms with Crippen LogP contribution in [0.4, 0.5) is 0 Å². The molecule has 84 valence electrons. The fourth-order valence-corrected chi connectivity index (χ4v) is 1.70. The summed E-state index contributed by atoms with van der Waals surface area (Å²) in [5.74, 6) is -0.966. The second-order valence-electron chi connectivity index (χ2n) is 4.70. The Balaban J connectivity index is 2.84. The van der Waals surface area contributed by atoms with Crippen LogP contribution < -0.4 is 0 Å². The molecule has 0 saturated heterocycles. The molecule has 16 heavy (non-hydrogen) atoms. The van der Waals surface area contributed by atoms with Crippen molar-refractivity contribution in [1.82, 2.24) is 15.0 Å². The SMILES string of the molecule is CC(C)(C)c1ncnc2[nH]cc(C(=O)O)c12. The Morgan fingerprint density at radius 3 is 2.62 bits per heavy atom. The molecule has 0 atom stereocenters. The van der Waals surface area contributed by atoms with Gasteiger partial charge in [0, 0.05) is 11.6 Å². The standard InChI is InChI=1S/C11H13N3O2/c1-11(2,3)8-7-6(10(15)16)4-12-9(7)14-5-13-8/h4-5H,1-3H3,(H,15,16)(H,12,13,14). The van der Waals surface area contributed by atoms with Crippen molar-refractivity contribution in [2.45, 2.75) is 26.2 Å². The van der Waals surface area contributed by atoms with E-state index in [-0.39, 0.29) is 11.0 Å². The van der Waals surface area contributed by atoms with Crippen LogP contribution in [0, 0.1) is 0 Å². The molecule has 0 saturated carbocycles. The number of aromatic carboxylic acids is 1. The first-order valence-corrected chi connectivity index (χ1v) is 4.97. The van der Waals surface area contributed by atoms with Crippen LogP contribution >= 0.6 is 0 Å². The molecule has 0 radical (unpaired) electrons. The van der Waals surface area contributed by atoms with Crippen LogP contribution in [0.1, 0.15) is 36.8 Å². The van der Waals surface area contributed by atoms with Gasteiger partial charge in [0.05, 0.1) is 16.6 Å². The number of nitrogens with zero attached hydrogens (tertiary/aromatic N) is 2. The lowest BCUT2D eigenvalue weighted by Crippen LogP contribution is -2.15. The number of hydrogen-bond donors (Lipinski definition) is 2. The van der Waals surface area contributed by atoms with Gasteiger partial charge in [0.25, 0.3) is 0 Å². The number of carboxylic acid groups (broad SMARTS) is 1. The summed E-state index contributed by atoms with van der Waals surface area (Å²) in [6, 6.07) is 0. The van der Waals surface area contributed by atoms with Crippen LogP contribution in [0.15, 0.2) is 12.5 Å². The largest absolute Gasteiger partial charge is 0.478 e. The van der Waals surface area contributed by atoms with Gasteiger partial charge < -0.3 is 10.1 Å². The Labute approximate surface area is 92.5 Å². The fraction of sp³-hybridized carbons (Fsp3) is 0.364. The molecule has 2 rings (SSSR count). The molecule has 0 amide bonds. The number of nitrogens with one attached hydrogen (secondary N) is 1. The van der Waals surface area contributed by atoms with Crippen molar-refractivity contribution in [3.8, 4) is 0 Å². The number of fused-ring (bicyclic) bond motifs is 1. The number of H-pyrrole nitrogens is 1. The minimum Gasteiger partial charge on any atom is -0.478 e. The second-order valence-corrected chi connectivity index (χ2v) is 4.70. The molecule has 0 bridgehead atoms. The minimum absolute atomic E-state index is 0.215. The molecule has 0 spiro atoms. The topological polar surface area (TPSA) is 78.9 Å². The normalized spacial score (nSPS) is 11.9. The maximum absolute atomic E-state index is 11.1. The molecule has 0 unspecified atom stereocenters. The second kappa shape index (κ2) is 3.30. The van der Waals surface area contributed by atoms with Crippen LogP contribution in [-0.2, 0) is 5.41 Å². The van der Waals surface area contributed by atoms with Crippen LogP contribution in [-0.4, -0.2) is 26.0 Å². The van der Waals surface area contributed by atoms with Crippen molar-refractivity contribution in [3.05, 3.63) is 23.8 Å². The maximum Gasteiger partial charge on any atom is 0.338 e. The molecule has 0 aliphatic carbocycles. The first-order chi connectivity index (χ1) is 7.41. The van der Waals surface area contributed by atoms with Crippen LogP contribution in [0.3, 0.4) is 0 Å². The van der Waals surface area contributed by atoms with Crippen LogP contribution in [0.25, 0.3) is 11.0 Å². The van der Waals surface area contributed by atoms with Crippen molar-refractivity contribution in [1.29, 1.82) is 0 Å². The van der Waals surface area contributed by atoms with Crippen molar-refractivity contribution < 1.29 is 9.90 Å². The van der Waals surface area contributed by atoms with E-state index in [9.17, 15) is 4.79 Å². The fourth-order valence-electron chi connectivity index (χ4n) is 1.70. The lowest BCUT2D eigenvalue weighted by molar-refractivity contribution is 0.0699. The summed E-state index contributed by atoms with van der Waals surface area (Å²) >= 11 is 0. The van der Waals surface area contributed by atoms with Crippen molar-refractivity contribution >= 4 is 17.0 Å². The Morgan fingerprint density at radius 1 is 1.38 bits per heavy atom. The number of rotatable bonds is 1. The molecule has 2 aromatic rings. The molecule has 0 aromatic carbocycles. The van der Waals surface area contributed by atoms with E-state index < -0.39 is 5.97 Å². The Kier molecular flexibility index (Phi) is 2.18. The highest BCUT2D eigenvalue weighted by molar-refractivity contribution is 6.03. The molecule has 5 nitrogen and oxygen atoms in total. The van der Waals surface area contributed by atoms with E-state index in [2.05, 4.69) is 15.0 Å². The monoisotopic (exact) mass is 219 g/mol. The summed E-state index contributed by atoms with van der Waals surface area (Å²) in [7, 11) is 0. The van der Waals surface area contributed by atoms with Crippen molar-refractivity contribution in [3.63, 3.8) is 0 Å². The van der Waals surface area contributed by atoms with E-state index in [4.69, 9.17) is 5.11 Å². The number of carbonyl (C=O) groups is 1. The molecular weight excluding hydrogens is 206 g/mol. The molecule has 0 aliphatic heterocycles. The first kappa shape index (κ1) is 10.6. The van der Waals surface area contributed by atoms with Gasteiger partial charge in [0.2, 0.25) is 0 Å². The van der Waals surface area contributed by atoms with Gasteiger partial charge in [0.15, 0.2) is 0 Å². The molecule has 2 N–H and O–H groups in total. The zero-order valence-electron chi connectivity index (χ0n) is 9.40. The summed E-state index contributed by atoms with van der Waals surface area (Å²) in [4.78, 5) is 22.2. The molecule has 2 aromatic heterocycles. The quantitative estimate of drug-likeness (QED) is 0.768. The zero-order valence-corrected chi connectivity index (χ0v) is 9.40. The lowest BCUT2D eigenvalue weighted by atomic mass is 9.89. The van der Waals surface area contributed by atoms with Gasteiger partial charge in [-0.15, -0.1) is 0 Å². The smallest absolute Gasteiger partial charge is 0.338 e. The minimum atomic E-state index is -0.966.